The van der Waals surface area contributed by atoms with Gasteiger partial charge in [-0.3, -0.25) is 0 Å². The van der Waals surface area contributed by atoms with E-state index in [1.807, 2.05) is 0 Å². The standard InChI is InChI=1S/C13H15NO/c1-3-14-9-11(6-7-15)12-8-10(2)4-5-13(12)14/h4-5,7-9H,3,6H2,1-2H3. The van der Waals surface area contributed by atoms with Gasteiger partial charge in [-0.1, -0.05) is 11.6 Å². The second-order valence-corrected chi connectivity index (χ2v) is 3.83. The molecule has 0 bridgehead atoms. The van der Waals surface area contributed by atoms with E-state index in [0.717, 1.165) is 18.4 Å². The first-order chi connectivity index (χ1) is 7.26. The number of aryl methyl sites for hydroxylation is 2. The van der Waals surface area contributed by atoms with Crippen LogP contribution in [-0.2, 0) is 17.8 Å². The summed E-state index contributed by atoms with van der Waals surface area (Å²) in [5.74, 6) is 0. The highest BCUT2D eigenvalue weighted by Gasteiger charge is 2.06. The van der Waals surface area contributed by atoms with Gasteiger partial charge in [-0.05, 0) is 31.5 Å². The maximum Gasteiger partial charge on any atom is 0.124 e. The fourth-order valence-corrected chi connectivity index (χ4v) is 2.00. The molecule has 0 radical (unpaired) electrons. The Bertz CT molecular complexity index is 496. The van der Waals surface area contributed by atoms with Gasteiger partial charge >= 0.3 is 0 Å². The molecule has 1 aromatic heterocycles. The van der Waals surface area contributed by atoms with E-state index in [0.29, 0.717) is 6.42 Å². The van der Waals surface area contributed by atoms with Crippen LogP contribution in [0.25, 0.3) is 10.9 Å². The number of aldehydes is 1. The maximum atomic E-state index is 10.6. The molecule has 1 aromatic carbocycles. The van der Waals surface area contributed by atoms with Gasteiger partial charge in [-0.15, -0.1) is 0 Å². The molecule has 0 N–H and O–H groups in total. The van der Waals surface area contributed by atoms with Crippen LogP contribution in [0.2, 0.25) is 0 Å². The number of benzene rings is 1. The van der Waals surface area contributed by atoms with Crippen molar-refractivity contribution in [3.63, 3.8) is 0 Å². The fraction of sp³-hybridized carbons (Fsp3) is 0.308. The Labute approximate surface area is 89.5 Å². The van der Waals surface area contributed by atoms with Crippen molar-refractivity contribution < 1.29 is 4.79 Å². The van der Waals surface area contributed by atoms with Crippen LogP contribution >= 0.6 is 0 Å². The molecule has 0 fully saturated rings. The van der Waals surface area contributed by atoms with Gasteiger partial charge in [0.1, 0.15) is 6.29 Å². The van der Waals surface area contributed by atoms with E-state index in [4.69, 9.17) is 0 Å². The molecule has 0 amide bonds. The van der Waals surface area contributed by atoms with Crippen molar-refractivity contribution in [1.82, 2.24) is 4.57 Å². The average Bonchev–Trinajstić information content (AvgIpc) is 2.57. The van der Waals surface area contributed by atoms with Gasteiger partial charge < -0.3 is 9.36 Å². The first-order valence-corrected chi connectivity index (χ1v) is 5.28. The van der Waals surface area contributed by atoms with Gasteiger partial charge in [0.25, 0.3) is 0 Å². The number of fused-ring (bicyclic) bond motifs is 1. The SMILES string of the molecule is CCn1cc(CC=O)c2cc(C)ccc21. The van der Waals surface area contributed by atoms with Crippen molar-refractivity contribution in [1.29, 1.82) is 0 Å². The van der Waals surface area contributed by atoms with Crippen LogP contribution < -0.4 is 0 Å². The zero-order valence-electron chi connectivity index (χ0n) is 9.16. The first-order valence-electron chi connectivity index (χ1n) is 5.28. The summed E-state index contributed by atoms with van der Waals surface area (Å²) in [6.07, 6.45) is 3.56. The molecule has 2 heteroatoms. The Balaban J connectivity index is 2.69. The van der Waals surface area contributed by atoms with Crippen LogP contribution in [0, 0.1) is 6.92 Å². The van der Waals surface area contributed by atoms with Crippen LogP contribution in [0.3, 0.4) is 0 Å². The molecule has 0 aliphatic carbocycles. The van der Waals surface area contributed by atoms with E-state index in [1.165, 1.54) is 16.5 Å². The van der Waals surface area contributed by atoms with E-state index < -0.39 is 0 Å². The van der Waals surface area contributed by atoms with Crippen LogP contribution in [0.15, 0.2) is 24.4 Å². The minimum Gasteiger partial charge on any atom is -0.347 e. The Hall–Kier alpha value is -1.57. The highest BCUT2D eigenvalue weighted by molar-refractivity contribution is 5.86. The molecular weight excluding hydrogens is 186 g/mol. The lowest BCUT2D eigenvalue weighted by atomic mass is 10.1. The van der Waals surface area contributed by atoms with E-state index in [9.17, 15) is 4.79 Å². The molecule has 0 aliphatic rings. The van der Waals surface area contributed by atoms with Crippen LogP contribution in [-0.4, -0.2) is 10.9 Å². The summed E-state index contributed by atoms with van der Waals surface area (Å²) in [5.41, 5.74) is 3.59. The fourth-order valence-electron chi connectivity index (χ4n) is 2.00. The van der Waals surface area contributed by atoms with Crippen molar-refractivity contribution in [2.24, 2.45) is 0 Å². The van der Waals surface area contributed by atoms with E-state index >= 15 is 0 Å². The molecule has 15 heavy (non-hydrogen) atoms. The molecule has 0 atom stereocenters. The first kappa shape index (κ1) is 9.97. The summed E-state index contributed by atoms with van der Waals surface area (Å²) in [6, 6.07) is 6.39. The molecule has 0 unspecified atom stereocenters. The molecule has 0 spiro atoms. The van der Waals surface area contributed by atoms with Gasteiger partial charge in [-0.25, -0.2) is 0 Å². The summed E-state index contributed by atoms with van der Waals surface area (Å²) in [7, 11) is 0. The summed E-state index contributed by atoms with van der Waals surface area (Å²) in [6.45, 7) is 5.13. The minimum absolute atomic E-state index is 0.507. The number of hydrogen-bond acceptors (Lipinski definition) is 1. The molecule has 2 aromatic rings. The van der Waals surface area contributed by atoms with E-state index in [1.54, 1.807) is 0 Å². The zero-order valence-corrected chi connectivity index (χ0v) is 9.16. The lowest BCUT2D eigenvalue weighted by Crippen LogP contribution is -1.90. The predicted octanol–water partition coefficient (Wildman–Crippen LogP) is 2.71. The number of carbonyl (C=O) groups excluding carboxylic acids is 1. The Morgan fingerprint density at radius 3 is 2.87 bits per heavy atom. The minimum atomic E-state index is 0.507. The van der Waals surface area contributed by atoms with Crippen LogP contribution in [0.1, 0.15) is 18.1 Å². The van der Waals surface area contributed by atoms with Crippen LogP contribution in [0.4, 0.5) is 0 Å². The largest absolute Gasteiger partial charge is 0.347 e. The molecular formula is C13H15NO. The van der Waals surface area contributed by atoms with E-state index in [-0.39, 0.29) is 0 Å². The Morgan fingerprint density at radius 1 is 1.40 bits per heavy atom. The monoisotopic (exact) mass is 201 g/mol. The van der Waals surface area contributed by atoms with Crippen molar-refractivity contribution in [2.75, 3.05) is 0 Å². The summed E-state index contributed by atoms with van der Waals surface area (Å²) < 4.78 is 2.19. The lowest BCUT2D eigenvalue weighted by Gasteiger charge is -2.00. The average molecular weight is 201 g/mol. The van der Waals surface area contributed by atoms with Gasteiger partial charge in [0.05, 0.1) is 0 Å². The number of hydrogen-bond donors (Lipinski definition) is 0. The third-order valence-electron chi connectivity index (χ3n) is 2.76. The van der Waals surface area contributed by atoms with Crippen molar-refractivity contribution in [3.8, 4) is 0 Å². The van der Waals surface area contributed by atoms with Gasteiger partial charge in [-0.2, -0.15) is 0 Å². The number of carbonyl (C=O) groups is 1. The molecule has 0 saturated carbocycles. The van der Waals surface area contributed by atoms with Crippen LogP contribution in [0.5, 0.6) is 0 Å². The normalized spacial score (nSPS) is 10.8. The summed E-state index contributed by atoms with van der Waals surface area (Å²) >= 11 is 0. The zero-order chi connectivity index (χ0) is 10.8. The molecule has 1 heterocycles. The second-order valence-electron chi connectivity index (χ2n) is 3.83. The topological polar surface area (TPSA) is 22.0 Å². The highest BCUT2D eigenvalue weighted by atomic mass is 16.1. The van der Waals surface area contributed by atoms with Crippen molar-refractivity contribution >= 4 is 17.2 Å². The second kappa shape index (κ2) is 3.89. The van der Waals surface area contributed by atoms with Gasteiger partial charge in [0, 0.05) is 30.1 Å². The van der Waals surface area contributed by atoms with Gasteiger partial charge in [0.2, 0.25) is 0 Å². The van der Waals surface area contributed by atoms with Gasteiger partial charge in [0.15, 0.2) is 0 Å². The quantitative estimate of drug-likeness (QED) is 0.700. The molecule has 78 valence electrons. The molecule has 0 saturated heterocycles. The summed E-state index contributed by atoms with van der Waals surface area (Å²) in [5, 5.41) is 1.21. The van der Waals surface area contributed by atoms with Crippen molar-refractivity contribution in [2.45, 2.75) is 26.8 Å². The highest BCUT2D eigenvalue weighted by Crippen LogP contribution is 2.22. The molecule has 0 aliphatic heterocycles. The lowest BCUT2D eigenvalue weighted by molar-refractivity contribution is -0.107. The molecule has 2 rings (SSSR count). The van der Waals surface area contributed by atoms with Crippen molar-refractivity contribution in [3.05, 3.63) is 35.5 Å². The number of rotatable bonds is 3. The Kier molecular flexibility index (Phi) is 2.58. The third kappa shape index (κ3) is 1.67. The number of nitrogens with zero attached hydrogens (tertiary/aromatic N) is 1. The summed E-state index contributed by atoms with van der Waals surface area (Å²) in [4.78, 5) is 10.6. The number of aromatic nitrogens is 1. The smallest absolute Gasteiger partial charge is 0.124 e. The third-order valence-corrected chi connectivity index (χ3v) is 2.76. The molecule has 2 nitrogen and oxygen atoms in total. The van der Waals surface area contributed by atoms with E-state index in [2.05, 4.69) is 42.8 Å². The predicted molar refractivity (Wildman–Crippen MR) is 62.1 cm³/mol. The Morgan fingerprint density at radius 2 is 2.20 bits per heavy atom. The maximum absolute atomic E-state index is 10.6.